The van der Waals surface area contributed by atoms with Gasteiger partial charge in [-0.25, -0.2) is 9.97 Å². The van der Waals surface area contributed by atoms with E-state index in [2.05, 4.69) is 37.6 Å². The van der Waals surface area contributed by atoms with Crippen LogP contribution in [0.25, 0.3) is 0 Å². The van der Waals surface area contributed by atoms with Crippen molar-refractivity contribution < 1.29 is 4.79 Å². The van der Waals surface area contributed by atoms with E-state index in [0.717, 1.165) is 56.6 Å². The van der Waals surface area contributed by atoms with Gasteiger partial charge in [-0.3, -0.25) is 9.69 Å². The van der Waals surface area contributed by atoms with E-state index in [1.165, 1.54) is 0 Å². The van der Waals surface area contributed by atoms with Crippen LogP contribution in [-0.2, 0) is 11.3 Å². The van der Waals surface area contributed by atoms with Gasteiger partial charge in [0.15, 0.2) is 0 Å². The molecule has 1 unspecified atom stereocenters. The number of rotatable bonds is 5. The molecule has 142 valence electrons. The van der Waals surface area contributed by atoms with Gasteiger partial charge in [-0.1, -0.05) is 30.3 Å². The summed E-state index contributed by atoms with van der Waals surface area (Å²) in [4.78, 5) is 23.7. The summed E-state index contributed by atoms with van der Waals surface area (Å²) in [6.07, 6.45) is 6.71. The maximum absolute atomic E-state index is 12.6. The SMILES string of the molecule is CCNc1ncc(CN2CCC3(CC2)CC(c2ccccc2)C(=O)N3)cn1. The molecule has 2 aliphatic heterocycles. The molecule has 1 spiro atoms. The lowest BCUT2D eigenvalue weighted by atomic mass is 9.82. The summed E-state index contributed by atoms with van der Waals surface area (Å²) in [6, 6.07) is 10.2. The number of likely N-dealkylation sites (tertiary alicyclic amines) is 1. The van der Waals surface area contributed by atoms with Gasteiger partial charge in [-0.05, 0) is 31.7 Å². The highest BCUT2D eigenvalue weighted by Crippen LogP contribution is 2.39. The normalized spacial score (nSPS) is 22.0. The maximum Gasteiger partial charge on any atom is 0.228 e. The monoisotopic (exact) mass is 365 g/mol. The van der Waals surface area contributed by atoms with Crippen molar-refractivity contribution in [3.05, 3.63) is 53.9 Å². The number of piperidine rings is 1. The number of nitrogens with zero attached hydrogens (tertiary/aromatic N) is 3. The zero-order chi connectivity index (χ0) is 18.7. The first-order valence-electron chi connectivity index (χ1n) is 9.81. The molecule has 0 aliphatic carbocycles. The van der Waals surface area contributed by atoms with Crippen LogP contribution < -0.4 is 10.6 Å². The topological polar surface area (TPSA) is 70.2 Å². The second-order valence-corrected chi connectivity index (χ2v) is 7.66. The third-order valence-electron chi connectivity index (χ3n) is 5.76. The minimum Gasteiger partial charge on any atom is -0.355 e. The van der Waals surface area contributed by atoms with E-state index in [4.69, 9.17) is 0 Å². The Balaban J connectivity index is 1.34. The summed E-state index contributed by atoms with van der Waals surface area (Å²) >= 11 is 0. The van der Waals surface area contributed by atoms with Crippen molar-refractivity contribution in [1.29, 1.82) is 0 Å². The van der Waals surface area contributed by atoms with Crippen molar-refractivity contribution in [3.63, 3.8) is 0 Å². The molecule has 2 aromatic rings. The van der Waals surface area contributed by atoms with Crippen molar-refractivity contribution >= 4 is 11.9 Å². The molecule has 1 atom stereocenters. The number of carbonyl (C=O) groups is 1. The number of aromatic nitrogens is 2. The molecule has 2 fully saturated rings. The van der Waals surface area contributed by atoms with Gasteiger partial charge in [0.2, 0.25) is 11.9 Å². The minimum atomic E-state index is -0.0422. The van der Waals surface area contributed by atoms with E-state index in [1.54, 1.807) is 0 Å². The molecule has 6 nitrogen and oxygen atoms in total. The van der Waals surface area contributed by atoms with E-state index < -0.39 is 0 Å². The number of nitrogens with one attached hydrogen (secondary N) is 2. The second kappa shape index (κ2) is 7.64. The smallest absolute Gasteiger partial charge is 0.228 e. The summed E-state index contributed by atoms with van der Waals surface area (Å²) in [5.74, 6) is 0.853. The lowest BCUT2D eigenvalue weighted by Crippen LogP contribution is -2.50. The van der Waals surface area contributed by atoms with Gasteiger partial charge in [0.1, 0.15) is 0 Å². The summed E-state index contributed by atoms with van der Waals surface area (Å²) < 4.78 is 0. The summed E-state index contributed by atoms with van der Waals surface area (Å²) in [7, 11) is 0. The molecule has 1 amide bonds. The highest BCUT2D eigenvalue weighted by Gasteiger charge is 2.46. The number of carbonyl (C=O) groups excluding carboxylic acids is 1. The molecule has 1 aromatic carbocycles. The van der Waals surface area contributed by atoms with Crippen molar-refractivity contribution in [2.24, 2.45) is 0 Å². The third kappa shape index (κ3) is 3.95. The van der Waals surface area contributed by atoms with Crippen LogP contribution in [0.5, 0.6) is 0 Å². The first-order valence-corrected chi connectivity index (χ1v) is 9.81. The predicted molar refractivity (Wildman–Crippen MR) is 105 cm³/mol. The lowest BCUT2D eigenvalue weighted by Gasteiger charge is -2.39. The first kappa shape index (κ1) is 17.9. The summed E-state index contributed by atoms with van der Waals surface area (Å²) in [5, 5.41) is 6.44. The van der Waals surface area contributed by atoms with Crippen LogP contribution in [-0.4, -0.2) is 45.9 Å². The molecule has 3 heterocycles. The number of amides is 1. The average molecular weight is 365 g/mol. The van der Waals surface area contributed by atoms with E-state index in [0.29, 0.717) is 5.95 Å². The fraction of sp³-hybridized carbons (Fsp3) is 0.476. The van der Waals surface area contributed by atoms with Crippen LogP contribution in [0.2, 0.25) is 0 Å². The van der Waals surface area contributed by atoms with Crippen LogP contribution in [0.3, 0.4) is 0 Å². The van der Waals surface area contributed by atoms with Gasteiger partial charge < -0.3 is 10.6 Å². The van der Waals surface area contributed by atoms with Crippen LogP contribution in [0.1, 0.15) is 43.2 Å². The average Bonchev–Trinajstić information content (AvgIpc) is 3.02. The predicted octanol–water partition coefficient (Wildman–Crippen LogP) is 2.55. The van der Waals surface area contributed by atoms with E-state index in [-0.39, 0.29) is 17.4 Å². The third-order valence-corrected chi connectivity index (χ3v) is 5.76. The molecule has 2 saturated heterocycles. The molecule has 2 aliphatic rings. The van der Waals surface area contributed by atoms with Crippen molar-refractivity contribution in [2.75, 3.05) is 25.0 Å². The van der Waals surface area contributed by atoms with Gasteiger partial charge in [0, 0.05) is 49.7 Å². The Hall–Kier alpha value is -2.47. The van der Waals surface area contributed by atoms with Gasteiger partial charge in [-0.2, -0.15) is 0 Å². The number of anilines is 1. The summed E-state index contributed by atoms with van der Waals surface area (Å²) in [5.41, 5.74) is 2.22. The van der Waals surface area contributed by atoms with Crippen LogP contribution >= 0.6 is 0 Å². The van der Waals surface area contributed by atoms with Crippen molar-refractivity contribution in [3.8, 4) is 0 Å². The Morgan fingerprint density at radius 1 is 1.19 bits per heavy atom. The molecule has 0 bridgehead atoms. The van der Waals surface area contributed by atoms with Crippen molar-refractivity contribution in [1.82, 2.24) is 20.2 Å². The summed E-state index contributed by atoms with van der Waals surface area (Å²) in [6.45, 7) is 5.68. The standard InChI is InChI=1S/C21H27N5O/c1-2-22-20-23-13-16(14-24-20)15-26-10-8-21(9-11-26)12-18(19(27)25-21)17-6-4-3-5-7-17/h3-7,13-14,18H,2,8-12,15H2,1H3,(H,25,27)(H,22,23,24). The molecule has 6 heteroatoms. The van der Waals surface area contributed by atoms with Gasteiger partial charge >= 0.3 is 0 Å². The van der Waals surface area contributed by atoms with E-state index in [1.807, 2.05) is 37.5 Å². The molecular formula is C21H27N5O. The molecular weight excluding hydrogens is 338 g/mol. The Bertz CT molecular complexity index is 769. The second-order valence-electron chi connectivity index (χ2n) is 7.66. The highest BCUT2D eigenvalue weighted by atomic mass is 16.2. The first-order chi connectivity index (χ1) is 13.2. The zero-order valence-corrected chi connectivity index (χ0v) is 15.8. The van der Waals surface area contributed by atoms with Crippen LogP contribution in [0.4, 0.5) is 5.95 Å². The van der Waals surface area contributed by atoms with Crippen molar-refractivity contribution in [2.45, 2.75) is 44.2 Å². The maximum atomic E-state index is 12.6. The Morgan fingerprint density at radius 2 is 1.89 bits per heavy atom. The van der Waals surface area contributed by atoms with E-state index >= 15 is 0 Å². The highest BCUT2D eigenvalue weighted by molar-refractivity contribution is 5.87. The molecule has 1 aromatic heterocycles. The molecule has 0 radical (unpaired) electrons. The Kier molecular flexibility index (Phi) is 5.07. The molecule has 2 N–H and O–H groups in total. The van der Waals surface area contributed by atoms with Crippen LogP contribution in [0, 0.1) is 0 Å². The molecule has 4 rings (SSSR count). The number of hydrogen-bond acceptors (Lipinski definition) is 5. The van der Waals surface area contributed by atoms with E-state index in [9.17, 15) is 4.79 Å². The quantitative estimate of drug-likeness (QED) is 0.852. The lowest BCUT2D eigenvalue weighted by molar-refractivity contribution is -0.121. The largest absolute Gasteiger partial charge is 0.355 e. The zero-order valence-electron chi connectivity index (χ0n) is 15.8. The Labute approximate surface area is 160 Å². The fourth-order valence-electron chi connectivity index (χ4n) is 4.25. The van der Waals surface area contributed by atoms with Gasteiger partial charge in [0.25, 0.3) is 0 Å². The van der Waals surface area contributed by atoms with Crippen LogP contribution in [0.15, 0.2) is 42.7 Å². The fourth-order valence-corrected chi connectivity index (χ4v) is 4.25. The molecule has 27 heavy (non-hydrogen) atoms. The van der Waals surface area contributed by atoms with Gasteiger partial charge in [-0.15, -0.1) is 0 Å². The number of hydrogen-bond donors (Lipinski definition) is 2. The van der Waals surface area contributed by atoms with Gasteiger partial charge in [0.05, 0.1) is 5.92 Å². The number of benzene rings is 1. The Morgan fingerprint density at radius 3 is 2.56 bits per heavy atom. The molecule has 0 saturated carbocycles. The minimum absolute atomic E-state index is 0.00948.